The van der Waals surface area contributed by atoms with Gasteiger partial charge < -0.3 is 15.2 Å². The first-order chi connectivity index (χ1) is 8.65. The van der Waals surface area contributed by atoms with Crippen LogP contribution in [0.1, 0.15) is 19.3 Å². The van der Waals surface area contributed by atoms with Crippen LogP contribution in [0.2, 0.25) is 5.02 Å². The minimum Gasteiger partial charge on any atom is -0.506 e. The van der Waals surface area contributed by atoms with Crippen molar-refractivity contribution in [1.29, 1.82) is 0 Å². The van der Waals surface area contributed by atoms with E-state index in [1.165, 1.54) is 6.07 Å². The van der Waals surface area contributed by atoms with E-state index >= 15 is 0 Å². The monoisotopic (exact) mass is 269 g/mol. The number of hydrogen-bond donors (Lipinski definition) is 2. The number of carbonyl (C=O) groups is 1. The van der Waals surface area contributed by atoms with E-state index in [1.54, 1.807) is 12.1 Å². The number of phenolic OH excluding ortho intramolecular Hbond substituents is 1. The van der Waals surface area contributed by atoms with Gasteiger partial charge in [0.15, 0.2) is 0 Å². The molecule has 1 aromatic rings. The molecule has 98 valence electrons. The molecule has 1 amide bonds. The summed E-state index contributed by atoms with van der Waals surface area (Å²) in [6, 6.07) is 4.58. The van der Waals surface area contributed by atoms with Crippen LogP contribution in [-0.2, 0) is 9.53 Å². The van der Waals surface area contributed by atoms with Crippen LogP contribution in [0.4, 0.5) is 5.69 Å². The van der Waals surface area contributed by atoms with E-state index in [0.717, 1.165) is 26.1 Å². The first-order valence-electron chi connectivity index (χ1n) is 6.01. The molecule has 0 bridgehead atoms. The summed E-state index contributed by atoms with van der Waals surface area (Å²) >= 11 is 5.81. The first-order valence-corrected chi connectivity index (χ1v) is 6.39. The van der Waals surface area contributed by atoms with Crippen LogP contribution >= 0.6 is 11.6 Å². The zero-order valence-electron chi connectivity index (χ0n) is 9.99. The average molecular weight is 270 g/mol. The minimum atomic E-state index is -0.0977. The molecule has 1 aliphatic rings. The van der Waals surface area contributed by atoms with Gasteiger partial charge in [-0.15, -0.1) is 0 Å². The predicted octanol–water partition coefficient (Wildman–Crippen LogP) is 2.80. The summed E-state index contributed by atoms with van der Waals surface area (Å²) in [6.45, 7) is 1.45. The maximum atomic E-state index is 11.8. The third-order valence-electron chi connectivity index (χ3n) is 3.05. The Bertz CT molecular complexity index is 430. The zero-order valence-corrected chi connectivity index (χ0v) is 10.7. The van der Waals surface area contributed by atoms with Gasteiger partial charge in [-0.1, -0.05) is 11.6 Å². The largest absolute Gasteiger partial charge is 0.506 e. The number of hydrogen-bond acceptors (Lipinski definition) is 3. The standard InChI is InChI=1S/C13H16ClNO3/c14-10-1-2-12(16)11(8-10)15-13(17)7-9-3-5-18-6-4-9/h1-2,8-9,16H,3-7H2,(H,15,17). The molecule has 1 heterocycles. The molecule has 0 spiro atoms. The molecule has 0 aromatic heterocycles. The fourth-order valence-electron chi connectivity index (χ4n) is 2.02. The normalized spacial score (nSPS) is 16.5. The summed E-state index contributed by atoms with van der Waals surface area (Å²) in [5.41, 5.74) is 0.361. The van der Waals surface area contributed by atoms with Crippen LogP contribution in [0, 0.1) is 5.92 Å². The van der Waals surface area contributed by atoms with Crippen LogP contribution < -0.4 is 5.32 Å². The Kier molecular flexibility index (Phi) is 4.44. The molecule has 18 heavy (non-hydrogen) atoms. The number of carbonyl (C=O) groups excluding carboxylic acids is 1. The second-order valence-corrected chi connectivity index (χ2v) is 4.91. The zero-order chi connectivity index (χ0) is 13.0. The van der Waals surface area contributed by atoms with Crippen LogP contribution in [0.15, 0.2) is 18.2 Å². The Morgan fingerprint density at radius 2 is 2.17 bits per heavy atom. The van der Waals surface area contributed by atoms with E-state index in [0.29, 0.717) is 23.0 Å². The van der Waals surface area contributed by atoms with Crippen molar-refractivity contribution < 1.29 is 14.6 Å². The van der Waals surface area contributed by atoms with Gasteiger partial charge in [-0.3, -0.25) is 4.79 Å². The Labute approximate surface area is 111 Å². The molecule has 1 aromatic carbocycles. The number of ether oxygens (including phenoxy) is 1. The van der Waals surface area contributed by atoms with E-state index in [9.17, 15) is 9.90 Å². The van der Waals surface area contributed by atoms with Gasteiger partial charge in [0, 0.05) is 24.7 Å². The highest BCUT2D eigenvalue weighted by atomic mass is 35.5. The summed E-state index contributed by atoms with van der Waals surface area (Å²) in [4.78, 5) is 11.8. The van der Waals surface area contributed by atoms with Gasteiger partial charge in [-0.05, 0) is 37.0 Å². The van der Waals surface area contributed by atoms with E-state index in [2.05, 4.69) is 5.32 Å². The number of anilines is 1. The molecule has 0 aliphatic carbocycles. The van der Waals surface area contributed by atoms with Gasteiger partial charge >= 0.3 is 0 Å². The molecule has 2 N–H and O–H groups in total. The van der Waals surface area contributed by atoms with Gasteiger partial charge in [0.05, 0.1) is 5.69 Å². The molecule has 0 saturated carbocycles. The number of benzene rings is 1. The van der Waals surface area contributed by atoms with Gasteiger partial charge in [0.2, 0.25) is 5.91 Å². The number of aromatic hydroxyl groups is 1. The summed E-state index contributed by atoms with van der Waals surface area (Å²) < 4.78 is 5.25. The molecule has 5 heteroatoms. The number of nitrogens with one attached hydrogen (secondary N) is 1. The molecule has 0 radical (unpaired) electrons. The van der Waals surface area contributed by atoms with E-state index < -0.39 is 0 Å². The fraction of sp³-hybridized carbons (Fsp3) is 0.462. The van der Waals surface area contributed by atoms with Gasteiger partial charge in [0.1, 0.15) is 5.75 Å². The van der Waals surface area contributed by atoms with Gasteiger partial charge in [-0.25, -0.2) is 0 Å². The topological polar surface area (TPSA) is 58.6 Å². The van der Waals surface area contributed by atoms with Crippen molar-refractivity contribution in [3.63, 3.8) is 0 Å². The van der Waals surface area contributed by atoms with Crippen molar-refractivity contribution in [2.24, 2.45) is 5.92 Å². The maximum Gasteiger partial charge on any atom is 0.224 e. The van der Waals surface area contributed by atoms with Gasteiger partial charge in [-0.2, -0.15) is 0 Å². The van der Waals surface area contributed by atoms with E-state index in [4.69, 9.17) is 16.3 Å². The third-order valence-corrected chi connectivity index (χ3v) is 3.28. The molecule has 1 fully saturated rings. The molecule has 1 aliphatic heterocycles. The lowest BCUT2D eigenvalue weighted by atomic mass is 9.96. The van der Waals surface area contributed by atoms with Crippen molar-refractivity contribution in [2.75, 3.05) is 18.5 Å². The van der Waals surface area contributed by atoms with Crippen molar-refractivity contribution in [2.45, 2.75) is 19.3 Å². The highest BCUT2D eigenvalue weighted by molar-refractivity contribution is 6.31. The second-order valence-electron chi connectivity index (χ2n) is 4.47. The lowest BCUT2D eigenvalue weighted by Crippen LogP contribution is -2.22. The molecule has 1 saturated heterocycles. The molecule has 0 atom stereocenters. The Morgan fingerprint density at radius 3 is 2.89 bits per heavy atom. The number of phenols is 1. The van der Waals surface area contributed by atoms with Crippen LogP contribution in [-0.4, -0.2) is 24.2 Å². The summed E-state index contributed by atoms with van der Waals surface area (Å²) in [6.07, 6.45) is 2.28. The lowest BCUT2D eigenvalue weighted by Gasteiger charge is -2.21. The van der Waals surface area contributed by atoms with Crippen molar-refractivity contribution >= 4 is 23.2 Å². The van der Waals surface area contributed by atoms with E-state index in [1.807, 2.05) is 0 Å². The highest BCUT2D eigenvalue weighted by Crippen LogP contribution is 2.27. The van der Waals surface area contributed by atoms with Gasteiger partial charge in [0.25, 0.3) is 0 Å². The van der Waals surface area contributed by atoms with E-state index in [-0.39, 0.29) is 11.7 Å². The SMILES string of the molecule is O=C(CC1CCOCC1)Nc1cc(Cl)ccc1O. The summed E-state index contributed by atoms with van der Waals surface area (Å²) in [5, 5.41) is 12.8. The number of amides is 1. The van der Waals surface area contributed by atoms with Crippen LogP contribution in [0.25, 0.3) is 0 Å². The molecular formula is C13H16ClNO3. The minimum absolute atomic E-state index is 0.0275. The fourth-order valence-corrected chi connectivity index (χ4v) is 2.19. The molecule has 0 unspecified atom stereocenters. The number of halogens is 1. The second kappa shape index (κ2) is 6.07. The Hall–Kier alpha value is -1.26. The lowest BCUT2D eigenvalue weighted by molar-refractivity contribution is -0.117. The summed E-state index contributed by atoms with van der Waals surface area (Å²) in [7, 11) is 0. The first kappa shape index (κ1) is 13.2. The smallest absolute Gasteiger partial charge is 0.224 e. The molecular weight excluding hydrogens is 254 g/mol. The van der Waals surface area contributed by atoms with Crippen molar-refractivity contribution in [1.82, 2.24) is 0 Å². The highest BCUT2D eigenvalue weighted by Gasteiger charge is 2.18. The molecule has 4 nitrogen and oxygen atoms in total. The van der Waals surface area contributed by atoms with Crippen molar-refractivity contribution in [3.05, 3.63) is 23.2 Å². The predicted molar refractivity (Wildman–Crippen MR) is 69.9 cm³/mol. The quantitative estimate of drug-likeness (QED) is 0.830. The average Bonchev–Trinajstić information content (AvgIpc) is 2.35. The van der Waals surface area contributed by atoms with Crippen LogP contribution in [0.5, 0.6) is 5.75 Å². The Balaban J connectivity index is 1.92. The maximum absolute atomic E-state index is 11.8. The number of rotatable bonds is 3. The third kappa shape index (κ3) is 3.62. The van der Waals surface area contributed by atoms with Crippen molar-refractivity contribution in [3.8, 4) is 5.75 Å². The molecule has 2 rings (SSSR count). The summed E-state index contributed by atoms with van der Waals surface area (Å²) in [5.74, 6) is 0.291. The Morgan fingerprint density at radius 1 is 1.44 bits per heavy atom. The van der Waals surface area contributed by atoms with Crippen LogP contribution in [0.3, 0.4) is 0 Å².